The number of rotatable bonds is 1. The minimum atomic E-state index is -0.486. The third-order valence-electron chi connectivity index (χ3n) is 3.24. The number of ether oxygens (including phenoxy) is 1. The molecule has 1 heterocycles. The Morgan fingerprint density at radius 2 is 2.25 bits per heavy atom. The molecule has 16 heavy (non-hydrogen) atoms. The van der Waals surface area contributed by atoms with Crippen LogP contribution in [0.15, 0.2) is 12.2 Å². The van der Waals surface area contributed by atoms with Gasteiger partial charge in [0.05, 0.1) is 6.54 Å². The zero-order valence-electron chi connectivity index (χ0n) is 9.41. The summed E-state index contributed by atoms with van der Waals surface area (Å²) in [4.78, 5) is 24.6. The van der Waals surface area contributed by atoms with Crippen molar-refractivity contribution in [3.05, 3.63) is 12.2 Å². The molecule has 0 bridgehead atoms. The highest BCUT2D eigenvalue weighted by Crippen LogP contribution is 2.28. The van der Waals surface area contributed by atoms with Gasteiger partial charge in [0.2, 0.25) is 5.91 Å². The molecule has 0 radical (unpaired) electrons. The number of imide groups is 1. The second-order valence-electron chi connectivity index (χ2n) is 4.50. The lowest BCUT2D eigenvalue weighted by molar-refractivity contribution is -0.132. The number of carbonyl (C=O) groups is 2. The van der Waals surface area contributed by atoms with Crippen LogP contribution in [0, 0.1) is 5.92 Å². The largest absolute Gasteiger partial charge is 0.447 e. The molecule has 88 valence electrons. The van der Waals surface area contributed by atoms with Crippen LogP contribution >= 0.6 is 0 Å². The number of carbonyl (C=O) groups excluding carboxylic acids is 2. The highest BCUT2D eigenvalue weighted by atomic mass is 16.6. The standard InChI is InChI=1S/C12H17NO3/c1-9-4-2-3-5-10(8-9)11(14)13-6-7-16-12(13)15/h10H,1-8H2/t10-/m1/s1. The minimum Gasteiger partial charge on any atom is -0.447 e. The molecule has 0 N–H and O–H groups in total. The molecule has 0 aromatic heterocycles. The Labute approximate surface area is 95.2 Å². The molecule has 2 fully saturated rings. The van der Waals surface area contributed by atoms with Gasteiger partial charge in [-0.05, 0) is 25.7 Å². The fourth-order valence-corrected chi connectivity index (χ4v) is 2.34. The molecule has 0 spiro atoms. The molecule has 2 aliphatic rings. The number of nitrogens with zero attached hydrogens (tertiary/aromatic N) is 1. The summed E-state index contributed by atoms with van der Waals surface area (Å²) in [5, 5.41) is 0. The third-order valence-corrected chi connectivity index (χ3v) is 3.24. The van der Waals surface area contributed by atoms with Crippen LogP contribution in [0.5, 0.6) is 0 Å². The topological polar surface area (TPSA) is 46.6 Å². The lowest BCUT2D eigenvalue weighted by Crippen LogP contribution is -2.36. The van der Waals surface area contributed by atoms with E-state index < -0.39 is 6.09 Å². The Hall–Kier alpha value is -1.32. The van der Waals surface area contributed by atoms with E-state index >= 15 is 0 Å². The summed E-state index contributed by atoms with van der Waals surface area (Å²) in [6.07, 6.45) is 4.25. The van der Waals surface area contributed by atoms with Crippen molar-refractivity contribution in [3.8, 4) is 0 Å². The van der Waals surface area contributed by atoms with E-state index in [1.54, 1.807) is 0 Å². The fraction of sp³-hybridized carbons (Fsp3) is 0.667. The van der Waals surface area contributed by atoms with E-state index in [9.17, 15) is 9.59 Å². The molecule has 0 aromatic carbocycles. The van der Waals surface area contributed by atoms with E-state index in [1.807, 2.05) is 0 Å². The quantitative estimate of drug-likeness (QED) is 0.505. The van der Waals surface area contributed by atoms with E-state index in [2.05, 4.69) is 6.58 Å². The van der Waals surface area contributed by atoms with Gasteiger partial charge in [0.1, 0.15) is 6.61 Å². The van der Waals surface area contributed by atoms with Gasteiger partial charge >= 0.3 is 6.09 Å². The molecule has 1 saturated carbocycles. The molecular formula is C12H17NO3. The summed E-state index contributed by atoms with van der Waals surface area (Å²) in [5.41, 5.74) is 1.13. The lowest BCUT2D eigenvalue weighted by Gasteiger charge is -2.18. The Kier molecular flexibility index (Phi) is 3.27. The SMILES string of the molecule is C=C1CCCC[C@@H](C(=O)N2CCOC2=O)C1. The van der Waals surface area contributed by atoms with Crippen molar-refractivity contribution in [3.63, 3.8) is 0 Å². The molecule has 2 amide bonds. The maximum Gasteiger partial charge on any atom is 0.416 e. The molecule has 0 unspecified atom stereocenters. The summed E-state index contributed by atoms with van der Waals surface area (Å²) in [6.45, 7) is 4.70. The maximum atomic E-state index is 12.1. The van der Waals surface area contributed by atoms with Crippen LogP contribution in [-0.2, 0) is 9.53 Å². The summed E-state index contributed by atoms with van der Waals surface area (Å²) in [6, 6.07) is 0. The molecule has 1 aliphatic carbocycles. The molecule has 1 aliphatic heterocycles. The Bertz CT molecular complexity index is 324. The van der Waals surface area contributed by atoms with Gasteiger partial charge in [-0.15, -0.1) is 0 Å². The minimum absolute atomic E-state index is 0.0688. The van der Waals surface area contributed by atoms with Crippen molar-refractivity contribution in [2.45, 2.75) is 32.1 Å². The first-order valence-electron chi connectivity index (χ1n) is 5.83. The van der Waals surface area contributed by atoms with Crippen molar-refractivity contribution < 1.29 is 14.3 Å². The number of allylic oxidation sites excluding steroid dienone is 1. The predicted octanol–water partition coefficient (Wildman–Crippen LogP) is 2.10. The Morgan fingerprint density at radius 1 is 1.44 bits per heavy atom. The first-order valence-corrected chi connectivity index (χ1v) is 5.83. The van der Waals surface area contributed by atoms with Crippen molar-refractivity contribution >= 4 is 12.0 Å². The van der Waals surface area contributed by atoms with E-state index in [4.69, 9.17) is 4.74 Å². The van der Waals surface area contributed by atoms with Crippen LogP contribution in [0.4, 0.5) is 4.79 Å². The molecule has 2 rings (SSSR count). The van der Waals surface area contributed by atoms with Crippen LogP contribution < -0.4 is 0 Å². The monoisotopic (exact) mass is 223 g/mol. The maximum absolute atomic E-state index is 12.1. The first kappa shape index (κ1) is 11.2. The summed E-state index contributed by atoms with van der Waals surface area (Å²) >= 11 is 0. The van der Waals surface area contributed by atoms with Gasteiger partial charge < -0.3 is 4.74 Å². The highest BCUT2D eigenvalue weighted by Gasteiger charge is 2.33. The molecular weight excluding hydrogens is 206 g/mol. The van der Waals surface area contributed by atoms with E-state index in [-0.39, 0.29) is 11.8 Å². The predicted molar refractivity (Wildman–Crippen MR) is 58.8 cm³/mol. The average Bonchev–Trinajstić information content (AvgIpc) is 2.55. The smallest absolute Gasteiger partial charge is 0.416 e. The van der Waals surface area contributed by atoms with Crippen LogP contribution in [0.25, 0.3) is 0 Å². The highest BCUT2D eigenvalue weighted by molar-refractivity contribution is 5.94. The average molecular weight is 223 g/mol. The van der Waals surface area contributed by atoms with Gasteiger partial charge in [0.15, 0.2) is 0 Å². The number of hydrogen-bond donors (Lipinski definition) is 0. The van der Waals surface area contributed by atoms with Crippen LogP contribution in [0.1, 0.15) is 32.1 Å². The van der Waals surface area contributed by atoms with Crippen molar-refractivity contribution in [2.75, 3.05) is 13.2 Å². The van der Waals surface area contributed by atoms with Crippen molar-refractivity contribution in [1.29, 1.82) is 0 Å². The molecule has 4 nitrogen and oxygen atoms in total. The van der Waals surface area contributed by atoms with E-state index in [0.717, 1.165) is 37.7 Å². The van der Waals surface area contributed by atoms with Gasteiger partial charge in [-0.1, -0.05) is 18.6 Å². The molecule has 1 atom stereocenters. The van der Waals surface area contributed by atoms with Gasteiger partial charge in [-0.3, -0.25) is 4.79 Å². The Balaban J connectivity index is 2.02. The van der Waals surface area contributed by atoms with Crippen molar-refractivity contribution in [2.24, 2.45) is 5.92 Å². The zero-order chi connectivity index (χ0) is 11.5. The van der Waals surface area contributed by atoms with Crippen LogP contribution in [0.2, 0.25) is 0 Å². The molecule has 4 heteroatoms. The van der Waals surface area contributed by atoms with E-state index in [0.29, 0.717) is 13.2 Å². The third kappa shape index (κ3) is 2.26. The Morgan fingerprint density at radius 3 is 2.94 bits per heavy atom. The summed E-state index contributed by atoms with van der Waals surface area (Å²) in [7, 11) is 0. The summed E-state index contributed by atoms with van der Waals surface area (Å²) < 4.78 is 4.78. The number of amides is 2. The second kappa shape index (κ2) is 4.68. The first-order chi connectivity index (χ1) is 7.68. The van der Waals surface area contributed by atoms with E-state index in [1.165, 1.54) is 4.90 Å². The fourth-order valence-electron chi connectivity index (χ4n) is 2.34. The second-order valence-corrected chi connectivity index (χ2v) is 4.50. The lowest BCUT2D eigenvalue weighted by atomic mass is 9.97. The number of cyclic esters (lactones) is 1. The molecule has 1 saturated heterocycles. The van der Waals surface area contributed by atoms with Gasteiger partial charge in [-0.25, -0.2) is 9.69 Å². The van der Waals surface area contributed by atoms with Crippen LogP contribution in [-0.4, -0.2) is 30.1 Å². The van der Waals surface area contributed by atoms with Crippen molar-refractivity contribution in [1.82, 2.24) is 4.90 Å². The van der Waals surface area contributed by atoms with Gasteiger partial charge in [-0.2, -0.15) is 0 Å². The normalized spacial score (nSPS) is 26.5. The van der Waals surface area contributed by atoms with Gasteiger partial charge in [0.25, 0.3) is 0 Å². The summed E-state index contributed by atoms with van der Waals surface area (Å²) in [5.74, 6) is -0.147. The molecule has 0 aromatic rings. The van der Waals surface area contributed by atoms with Gasteiger partial charge in [0, 0.05) is 5.92 Å². The number of hydrogen-bond acceptors (Lipinski definition) is 3. The van der Waals surface area contributed by atoms with Crippen LogP contribution in [0.3, 0.4) is 0 Å². The zero-order valence-corrected chi connectivity index (χ0v) is 9.41.